The summed E-state index contributed by atoms with van der Waals surface area (Å²) in [6, 6.07) is 2.87. The number of rotatable bonds is 5. The van der Waals surface area contributed by atoms with Crippen molar-refractivity contribution in [2.75, 3.05) is 0 Å². The maximum absolute atomic E-state index is 10.2. The molecule has 1 heterocycles. The first-order valence-corrected chi connectivity index (χ1v) is 3.91. The van der Waals surface area contributed by atoms with Gasteiger partial charge in [0.2, 0.25) is 0 Å². The number of aldehydes is 1. The molecule has 0 aliphatic heterocycles. The normalized spacial score (nSPS) is 9.85. The number of hydrogen-bond donors (Lipinski definition) is 0. The van der Waals surface area contributed by atoms with E-state index in [1.807, 2.05) is 0 Å². The van der Waals surface area contributed by atoms with E-state index in [1.165, 1.54) is 6.07 Å². The number of unbranched alkanes of at least 4 members (excludes halogenated alkanes) is 1. The number of nitro groups is 1. The summed E-state index contributed by atoms with van der Waals surface area (Å²) in [5.74, 6) is 0.301. The van der Waals surface area contributed by atoms with Gasteiger partial charge in [0.25, 0.3) is 0 Å². The fourth-order valence-corrected chi connectivity index (χ4v) is 0.959. The van der Waals surface area contributed by atoms with Gasteiger partial charge in [-0.1, -0.05) is 0 Å². The van der Waals surface area contributed by atoms with E-state index in [2.05, 4.69) is 0 Å². The lowest BCUT2D eigenvalue weighted by molar-refractivity contribution is -0.402. The minimum atomic E-state index is -0.580. The van der Waals surface area contributed by atoms with E-state index in [9.17, 15) is 14.9 Å². The van der Waals surface area contributed by atoms with Crippen LogP contribution in [0.5, 0.6) is 0 Å². The zero-order valence-electron chi connectivity index (χ0n) is 6.93. The van der Waals surface area contributed by atoms with Gasteiger partial charge in [-0.3, -0.25) is 10.1 Å². The van der Waals surface area contributed by atoms with Gasteiger partial charge in [0.15, 0.2) is 0 Å². The Hall–Kier alpha value is -1.65. The minimum Gasteiger partial charge on any atom is -0.406 e. The second kappa shape index (κ2) is 4.39. The molecule has 70 valence electrons. The number of carbonyl (C=O) groups excluding carboxylic acids is 1. The molecule has 1 rings (SSSR count). The van der Waals surface area contributed by atoms with Crippen molar-refractivity contribution < 1.29 is 14.1 Å². The Morgan fingerprint density at radius 2 is 2.31 bits per heavy atom. The van der Waals surface area contributed by atoms with Crippen LogP contribution in [0.15, 0.2) is 16.5 Å². The highest BCUT2D eigenvalue weighted by Gasteiger charge is 2.10. The smallest absolute Gasteiger partial charge is 0.406 e. The second-order valence-corrected chi connectivity index (χ2v) is 2.56. The van der Waals surface area contributed by atoms with E-state index >= 15 is 0 Å². The largest absolute Gasteiger partial charge is 0.433 e. The van der Waals surface area contributed by atoms with Crippen molar-refractivity contribution in [3.05, 3.63) is 28.0 Å². The van der Waals surface area contributed by atoms with Gasteiger partial charge in [0.05, 0.1) is 6.07 Å². The standard InChI is InChI=1S/C8H9NO4/c10-6-2-1-3-7-4-5-8(13-7)9(11)12/h4-6H,1-3H2. The monoisotopic (exact) mass is 183 g/mol. The third kappa shape index (κ3) is 2.70. The molecule has 1 aromatic rings. The maximum Gasteiger partial charge on any atom is 0.433 e. The van der Waals surface area contributed by atoms with Gasteiger partial charge in [-0.2, -0.15) is 0 Å². The lowest BCUT2D eigenvalue weighted by Crippen LogP contribution is -1.85. The molecule has 0 atom stereocenters. The molecular weight excluding hydrogens is 174 g/mol. The molecule has 0 bridgehead atoms. The fourth-order valence-electron chi connectivity index (χ4n) is 0.959. The molecule has 0 spiro atoms. The average Bonchev–Trinajstić information content (AvgIpc) is 2.53. The molecule has 0 aliphatic rings. The van der Waals surface area contributed by atoms with Gasteiger partial charge in [0.1, 0.15) is 17.0 Å². The number of hydrogen-bond acceptors (Lipinski definition) is 4. The Kier molecular flexibility index (Phi) is 3.19. The van der Waals surface area contributed by atoms with Crippen LogP contribution in [-0.4, -0.2) is 11.2 Å². The van der Waals surface area contributed by atoms with E-state index in [4.69, 9.17) is 4.42 Å². The van der Waals surface area contributed by atoms with Crippen LogP contribution in [0.25, 0.3) is 0 Å². The molecule has 5 nitrogen and oxygen atoms in total. The highest BCUT2D eigenvalue weighted by atomic mass is 16.6. The third-order valence-corrected chi connectivity index (χ3v) is 1.57. The molecule has 0 saturated carbocycles. The van der Waals surface area contributed by atoms with E-state index in [0.29, 0.717) is 25.0 Å². The lowest BCUT2D eigenvalue weighted by atomic mass is 10.2. The summed E-state index contributed by atoms with van der Waals surface area (Å²) in [5, 5.41) is 10.2. The van der Waals surface area contributed by atoms with Crippen molar-refractivity contribution in [1.29, 1.82) is 0 Å². The van der Waals surface area contributed by atoms with Crippen LogP contribution >= 0.6 is 0 Å². The molecule has 0 fully saturated rings. The van der Waals surface area contributed by atoms with Crippen molar-refractivity contribution in [3.63, 3.8) is 0 Å². The van der Waals surface area contributed by atoms with Crippen LogP contribution in [-0.2, 0) is 11.2 Å². The first-order valence-electron chi connectivity index (χ1n) is 3.91. The zero-order valence-corrected chi connectivity index (χ0v) is 6.93. The Bertz CT molecular complexity index is 305. The molecule has 0 aromatic carbocycles. The first-order chi connectivity index (χ1) is 6.24. The van der Waals surface area contributed by atoms with Crippen molar-refractivity contribution in [2.24, 2.45) is 0 Å². The van der Waals surface area contributed by atoms with Gasteiger partial charge >= 0.3 is 5.88 Å². The fraction of sp³-hybridized carbons (Fsp3) is 0.375. The first kappa shape index (κ1) is 9.44. The van der Waals surface area contributed by atoms with Crippen molar-refractivity contribution in [2.45, 2.75) is 19.3 Å². The predicted molar refractivity (Wildman–Crippen MR) is 44.4 cm³/mol. The van der Waals surface area contributed by atoms with Gasteiger partial charge in [-0.25, -0.2) is 0 Å². The Morgan fingerprint density at radius 1 is 1.54 bits per heavy atom. The Labute approximate surface area is 74.5 Å². The minimum absolute atomic E-state index is 0.249. The van der Waals surface area contributed by atoms with E-state index < -0.39 is 4.92 Å². The summed E-state index contributed by atoms with van der Waals surface area (Å²) in [4.78, 5) is 19.6. The topological polar surface area (TPSA) is 73.3 Å². The quantitative estimate of drug-likeness (QED) is 0.301. The number of carbonyl (C=O) groups is 1. The molecule has 0 amide bonds. The summed E-state index contributed by atoms with van der Waals surface area (Å²) < 4.78 is 4.88. The molecule has 0 radical (unpaired) electrons. The summed E-state index contributed by atoms with van der Waals surface area (Å²) in [5.41, 5.74) is 0. The zero-order chi connectivity index (χ0) is 9.68. The third-order valence-electron chi connectivity index (χ3n) is 1.57. The molecule has 0 aliphatic carbocycles. The summed E-state index contributed by atoms with van der Waals surface area (Å²) in [6.45, 7) is 0. The van der Waals surface area contributed by atoms with E-state index in [0.717, 1.165) is 6.29 Å². The maximum atomic E-state index is 10.2. The number of aryl methyl sites for hydroxylation is 1. The molecule has 0 unspecified atom stereocenters. The van der Waals surface area contributed by atoms with Gasteiger partial charge < -0.3 is 9.21 Å². The van der Waals surface area contributed by atoms with E-state index in [-0.39, 0.29) is 5.88 Å². The molecule has 13 heavy (non-hydrogen) atoms. The van der Waals surface area contributed by atoms with Crippen LogP contribution in [0.3, 0.4) is 0 Å². The van der Waals surface area contributed by atoms with Crippen LogP contribution in [0.1, 0.15) is 18.6 Å². The summed E-state index contributed by atoms with van der Waals surface area (Å²) in [7, 11) is 0. The number of furan rings is 1. The van der Waals surface area contributed by atoms with Crippen LogP contribution < -0.4 is 0 Å². The molecule has 0 saturated heterocycles. The highest BCUT2D eigenvalue weighted by molar-refractivity contribution is 5.49. The molecular formula is C8H9NO4. The van der Waals surface area contributed by atoms with Gasteiger partial charge in [0, 0.05) is 12.8 Å². The second-order valence-electron chi connectivity index (χ2n) is 2.56. The molecule has 5 heteroatoms. The highest BCUT2D eigenvalue weighted by Crippen LogP contribution is 2.16. The van der Waals surface area contributed by atoms with Crippen LogP contribution in [0.2, 0.25) is 0 Å². The average molecular weight is 183 g/mol. The van der Waals surface area contributed by atoms with Crippen LogP contribution in [0, 0.1) is 10.1 Å². The predicted octanol–water partition coefficient (Wildman–Crippen LogP) is 1.71. The number of nitrogens with zero attached hydrogens (tertiary/aromatic N) is 1. The summed E-state index contributed by atoms with van der Waals surface area (Å²) >= 11 is 0. The van der Waals surface area contributed by atoms with Crippen LogP contribution in [0.4, 0.5) is 5.88 Å². The lowest BCUT2D eigenvalue weighted by Gasteiger charge is -1.90. The Balaban J connectivity index is 2.49. The van der Waals surface area contributed by atoms with Crippen molar-refractivity contribution in [3.8, 4) is 0 Å². The Morgan fingerprint density at radius 3 is 2.85 bits per heavy atom. The SMILES string of the molecule is O=CCCCc1ccc([N+](=O)[O-])o1. The van der Waals surface area contributed by atoms with Gasteiger partial charge in [-0.15, -0.1) is 0 Å². The molecule has 1 aromatic heterocycles. The van der Waals surface area contributed by atoms with Gasteiger partial charge in [-0.05, 0) is 12.5 Å². The van der Waals surface area contributed by atoms with Crippen molar-refractivity contribution in [1.82, 2.24) is 0 Å². The van der Waals surface area contributed by atoms with E-state index in [1.54, 1.807) is 6.07 Å². The molecule has 0 N–H and O–H groups in total. The summed E-state index contributed by atoms with van der Waals surface area (Å²) in [6.07, 6.45) is 2.49. The van der Waals surface area contributed by atoms with Crippen molar-refractivity contribution >= 4 is 12.2 Å².